The molecule has 2 amide bonds. The fourth-order valence-electron chi connectivity index (χ4n) is 2.72. The zero-order chi connectivity index (χ0) is 18.0. The lowest BCUT2D eigenvalue weighted by atomic mass is 10.2. The Morgan fingerprint density at radius 2 is 2.04 bits per heavy atom. The highest BCUT2D eigenvalue weighted by Crippen LogP contribution is 2.38. The first kappa shape index (κ1) is 17.2. The fraction of sp³-hybridized carbons (Fsp3) is 0.353. The van der Waals surface area contributed by atoms with E-state index in [1.54, 1.807) is 23.6 Å². The molecule has 0 spiro atoms. The van der Waals surface area contributed by atoms with Crippen molar-refractivity contribution in [1.29, 1.82) is 0 Å². The second kappa shape index (κ2) is 7.10. The van der Waals surface area contributed by atoms with E-state index in [1.807, 2.05) is 13.8 Å². The number of hydrazine groups is 1. The Bertz CT molecular complexity index is 806. The zero-order valence-electron chi connectivity index (χ0n) is 14.0. The van der Waals surface area contributed by atoms with Gasteiger partial charge in [-0.1, -0.05) is 6.07 Å². The van der Waals surface area contributed by atoms with Gasteiger partial charge in [-0.05, 0) is 44.2 Å². The molecule has 2 heterocycles. The number of amides is 2. The van der Waals surface area contributed by atoms with Crippen molar-refractivity contribution in [3.63, 3.8) is 0 Å². The number of rotatable bonds is 5. The number of carbonyl (C=O) groups is 3. The Morgan fingerprint density at radius 3 is 2.68 bits per heavy atom. The Hall–Kier alpha value is -2.61. The second-order valence-electron chi connectivity index (χ2n) is 5.94. The maximum absolute atomic E-state index is 12.2. The molecular formula is C17H19N3O4S. The summed E-state index contributed by atoms with van der Waals surface area (Å²) in [6.45, 7) is 3.37. The highest BCUT2D eigenvalue weighted by molar-refractivity contribution is 7.12. The summed E-state index contributed by atoms with van der Waals surface area (Å²) in [5, 5.41) is 1.76. The van der Waals surface area contributed by atoms with E-state index in [2.05, 4.69) is 15.4 Å². The van der Waals surface area contributed by atoms with Gasteiger partial charge in [-0.2, -0.15) is 0 Å². The molecule has 0 aromatic carbocycles. The predicted octanol–water partition coefficient (Wildman–Crippen LogP) is 2.12. The van der Waals surface area contributed by atoms with Crippen LogP contribution in [0.3, 0.4) is 0 Å². The van der Waals surface area contributed by atoms with Gasteiger partial charge in [-0.3, -0.25) is 20.4 Å². The van der Waals surface area contributed by atoms with E-state index in [1.165, 1.54) is 11.3 Å². The van der Waals surface area contributed by atoms with Crippen LogP contribution in [0.25, 0.3) is 0 Å². The van der Waals surface area contributed by atoms with Gasteiger partial charge >= 0.3 is 5.97 Å². The van der Waals surface area contributed by atoms with E-state index >= 15 is 0 Å². The van der Waals surface area contributed by atoms with Gasteiger partial charge in [0.2, 0.25) is 0 Å². The van der Waals surface area contributed by atoms with E-state index in [0.29, 0.717) is 16.5 Å². The van der Waals surface area contributed by atoms with E-state index < -0.39 is 24.4 Å². The topological polar surface area (TPSA) is 89.4 Å². The standard InChI is InChI=1S/C17H19N3O4S/c1-10-8-13(11(2)20(10)12-5-6-12)17(23)24-9-15(21)18-19-16(22)14-4-3-7-25-14/h3-4,7-8,12H,5-6,9H2,1-2H3,(H,18,21)(H,19,22). The lowest BCUT2D eigenvalue weighted by Gasteiger charge is -2.09. The van der Waals surface area contributed by atoms with Crippen molar-refractivity contribution in [1.82, 2.24) is 15.4 Å². The number of thiophene rings is 1. The summed E-state index contributed by atoms with van der Waals surface area (Å²) < 4.78 is 7.19. The molecule has 1 saturated carbocycles. The molecule has 0 unspecified atom stereocenters. The molecule has 25 heavy (non-hydrogen) atoms. The van der Waals surface area contributed by atoms with Crippen molar-refractivity contribution in [2.75, 3.05) is 6.61 Å². The summed E-state index contributed by atoms with van der Waals surface area (Å²) in [6, 6.07) is 5.63. The van der Waals surface area contributed by atoms with Gasteiger partial charge < -0.3 is 9.30 Å². The molecule has 2 N–H and O–H groups in total. The van der Waals surface area contributed by atoms with Crippen LogP contribution in [-0.2, 0) is 9.53 Å². The van der Waals surface area contributed by atoms with Gasteiger partial charge in [0.15, 0.2) is 6.61 Å². The lowest BCUT2D eigenvalue weighted by Crippen LogP contribution is -2.43. The fourth-order valence-corrected chi connectivity index (χ4v) is 3.34. The minimum Gasteiger partial charge on any atom is -0.452 e. The van der Waals surface area contributed by atoms with Gasteiger partial charge in [-0.15, -0.1) is 11.3 Å². The van der Waals surface area contributed by atoms with Gasteiger partial charge in [-0.25, -0.2) is 4.79 Å². The summed E-state index contributed by atoms with van der Waals surface area (Å²) in [4.78, 5) is 36.1. The van der Waals surface area contributed by atoms with E-state index in [-0.39, 0.29) is 0 Å². The smallest absolute Gasteiger partial charge is 0.340 e. The average Bonchev–Trinajstić information content (AvgIpc) is 3.16. The molecule has 2 aromatic rings. The van der Waals surface area contributed by atoms with Crippen LogP contribution >= 0.6 is 11.3 Å². The first-order chi connectivity index (χ1) is 12.0. The molecule has 1 aliphatic carbocycles. The molecule has 3 rings (SSSR count). The molecule has 0 radical (unpaired) electrons. The summed E-state index contributed by atoms with van der Waals surface area (Å²) >= 11 is 1.26. The lowest BCUT2D eigenvalue weighted by molar-refractivity contribution is -0.125. The quantitative estimate of drug-likeness (QED) is 0.631. The molecule has 0 saturated heterocycles. The second-order valence-corrected chi connectivity index (χ2v) is 6.89. The largest absolute Gasteiger partial charge is 0.452 e. The molecule has 7 nitrogen and oxygen atoms in total. The number of ether oxygens (including phenoxy) is 1. The van der Waals surface area contributed by atoms with E-state index in [4.69, 9.17) is 4.74 Å². The number of carbonyl (C=O) groups excluding carboxylic acids is 3. The summed E-state index contributed by atoms with van der Waals surface area (Å²) in [7, 11) is 0. The third-order valence-electron chi connectivity index (χ3n) is 4.01. The van der Waals surface area contributed by atoms with E-state index in [0.717, 1.165) is 24.2 Å². The van der Waals surface area contributed by atoms with Crippen molar-refractivity contribution in [2.24, 2.45) is 0 Å². The summed E-state index contributed by atoms with van der Waals surface area (Å²) in [6.07, 6.45) is 2.24. The van der Waals surface area contributed by atoms with Crippen LogP contribution in [0, 0.1) is 13.8 Å². The number of hydrogen-bond donors (Lipinski definition) is 2. The number of nitrogens with zero attached hydrogens (tertiary/aromatic N) is 1. The number of hydrogen-bond acceptors (Lipinski definition) is 5. The van der Waals surface area contributed by atoms with Crippen LogP contribution in [0.5, 0.6) is 0 Å². The molecule has 0 bridgehead atoms. The van der Waals surface area contributed by atoms with Crippen molar-refractivity contribution in [3.05, 3.63) is 45.4 Å². The first-order valence-electron chi connectivity index (χ1n) is 7.95. The van der Waals surface area contributed by atoms with Gasteiger partial charge in [0, 0.05) is 17.4 Å². The van der Waals surface area contributed by atoms with Crippen LogP contribution in [0.15, 0.2) is 23.6 Å². The molecule has 8 heteroatoms. The molecule has 0 atom stereocenters. The highest BCUT2D eigenvalue weighted by atomic mass is 32.1. The van der Waals surface area contributed by atoms with Crippen LogP contribution in [0.4, 0.5) is 0 Å². The molecular weight excluding hydrogens is 342 g/mol. The Labute approximate surface area is 148 Å². The molecule has 0 aliphatic heterocycles. The summed E-state index contributed by atoms with van der Waals surface area (Å²) in [5.41, 5.74) is 6.84. The average molecular weight is 361 g/mol. The van der Waals surface area contributed by atoms with Crippen LogP contribution in [-0.4, -0.2) is 29.0 Å². The third kappa shape index (κ3) is 3.90. The molecule has 132 valence electrons. The Kier molecular flexibility index (Phi) is 4.89. The molecule has 1 fully saturated rings. The van der Waals surface area contributed by atoms with Gasteiger partial charge in [0.1, 0.15) is 0 Å². The third-order valence-corrected chi connectivity index (χ3v) is 4.88. The SMILES string of the molecule is Cc1cc(C(=O)OCC(=O)NNC(=O)c2cccs2)c(C)n1C1CC1. The van der Waals surface area contributed by atoms with Gasteiger partial charge in [0.25, 0.3) is 11.8 Å². The number of nitrogens with one attached hydrogen (secondary N) is 2. The van der Waals surface area contributed by atoms with Crippen LogP contribution < -0.4 is 10.9 Å². The van der Waals surface area contributed by atoms with E-state index in [9.17, 15) is 14.4 Å². The van der Waals surface area contributed by atoms with Crippen molar-refractivity contribution < 1.29 is 19.1 Å². The monoisotopic (exact) mass is 361 g/mol. The molecule has 2 aromatic heterocycles. The van der Waals surface area contributed by atoms with Crippen molar-refractivity contribution >= 4 is 29.1 Å². The first-order valence-corrected chi connectivity index (χ1v) is 8.83. The molecule has 1 aliphatic rings. The Morgan fingerprint density at radius 1 is 1.28 bits per heavy atom. The predicted molar refractivity (Wildman–Crippen MR) is 92.4 cm³/mol. The minimum absolute atomic E-state index is 0.414. The maximum Gasteiger partial charge on any atom is 0.340 e. The maximum atomic E-state index is 12.2. The van der Waals surface area contributed by atoms with Crippen LogP contribution in [0.2, 0.25) is 0 Å². The number of aryl methyl sites for hydroxylation is 1. The number of esters is 1. The van der Waals surface area contributed by atoms with Crippen molar-refractivity contribution in [2.45, 2.75) is 32.7 Å². The van der Waals surface area contributed by atoms with Crippen LogP contribution in [0.1, 0.15) is 50.3 Å². The van der Waals surface area contributed by atoms with Crippen molar-refractivity contribution in [3.8, 4) is 0 Å². The number of aromatic nitrogens is 1. The minimum atomic E-state index is -0.603. The summed E-state index contributed by atoms with van der Waals surface area (Å²) in [5.74, 6) is -1.56. The van der Waals surface area contributed by atoms with Gasteiger partial charge in [0.05, 0.1) is 10.4 Å². The highest BCUT2D eigenvalue weighted by Gasteiger charge is 2.28. The zero-order valence-corrected chi connectivity index (χ0v) is 14.8. The normalized spacial score (nSPS) is 13.4. The Balaban J connectivity index is 1.49.